The molecule has 2 radical (unpaired) electrons. The molecule has 66 valence electrons. The van der Waals surface area contributed by atoms with Crippen LogP contribution in [0.3, 0.4) is 0 Å². The highest BCUT2D eigenvalue weighted by atomic mass is 31.1. The molecule has 12 heavy (non-hydrogen) atoms. The second kappa shape index (κ2) is 4.33. The van der Waals surface area contributed by atoms with Crippen LogP contribution in [0.15, 0.2) is 0 Å². The Labute approximate surface area is 73.6 Å². The highest BCUT2D eigenvalue weighted by molar-refractivity contribution is 7.32. The first-order valence-corrected chi connectivity index (χ1v) is 5.00. The van der Waals surface area contributed by atoms with Gasteiger partial charge >= 0.3 is 8.25 Å². The maximum atomic E-state index is 10.4. The molecule has 1 aliphatic rings. The second-order valence-corrected chi connectivity index (χ2v) is 3.43. The molecule has 0 amide bonds. The van der Waals surface area contributed by atoms with Gasteiger partial charge in [-0.3, -0.25) is 0 Å². The first kappa shape index (κ1) is 10.1. The van der Waals surface area contributed by atoms with Crippen molar-refractivity contribution in [1.29, 1.82) is 0 Å². The van der Waals surface area contributed by atoms with Gasteiger partial charge in [0.1, 0.15) is 14.0 Å². The van der Waals surface area contributed by atoms with Crippen LogP contribution in [-0.2, 0) is 13.8 Å². The van der Waals surface area contributed by atoms with Gasteiger partial charge < -0.3 is 4.74 Å². The average molecular weight is 189 g/mol. The molecule has 6 heteroatoms. The van der Waals surface area contributed by atoms with Crippen molar-refractivity contribution in [1.82, 2.24) is 0 Å². The average Bonchev–Trinajstić information content (AvgIpc) is 2.29. The van der Waals surface area contributed by atoms with Crippen LogP contribution in [0.25, 0.3) is 0 Å². The standard InChI is InChI=1S/C6H10BO4P/c1-2-4-5(11-12(8)9)3-6(7)10-4/h4-6H,2-3H2,1H3/p+1/t4-,5-,6-/m1/s1. The van der Waals surface area contributed by atoms with Crippen molar-refractivity contribution in [3.05, 3.63) is 0 Å². The summed E-state index contributed by atoms with van der Waals surface area (Å²) in [6, 6.07) is -0.366. The Morgan fingerprint density at radius 3 is 3.00 bits per heavy atom. The van der Waals surface area contributed by atoms with Crippen molar-refractivity contribution < 1.29 is 18.7 Å². The Morgan fingerprint density at radius 1 is 1.83 bits per heavy atom. The lowest BCUT2D eigenvalue weighted by molar-refractivity contribution is 0.0389. The number of rotatable bonds is 3. The molecule has 1 fully saturated rings. The normalized spacial score (nSPS) is 36.8. The Hall–Kier alpha value is 0.0449. The molecule has 0 spiro atoms. The molecule has 0 aliphatic carbocycles. The van der Waals surface area contributed by atoms with Crippen LogP contribution in [-0.4, -0.2) is 31.0 Å². The van der Waals surface area contributed by atoms with Crippen LogP contribution in [0.4, 0.5) is 0 Å². The molecule has 1 saturated heterocycles. The molecule has 1 rings (SSSR count). The lowest BCUT2D eigenvalue weighted by atomic mass is 9.96. The third-order valence-electron chi connectivity index (χ3n) is 1.86. The molecular weight excluding hydrogens is 178 g/mol. The maximum Gasteiger partial charge on any atom is 0.695 e. The van der Waals surface area contributed by atoms with E-state index in [1.165, 1.54) is 0 Å². The van der Waals surface area contributed by atoms with Crippen molar-refractivity contribution in [2.75, 3.05) is 0 Å². The minimum Gasteiger partial charge on any atom is -0.382 e. The zero-order valence-corrected chi connectivity index (χ0v) is 7.74. The molecule has 0 aromatic rings. The summed E-state index contributed by atoms with van der Waals surface area (Å²) in [7, 11) is 2.94. The van der Waals surface area contributed by atoms with Crippen LogP contribution >= 0.6 is 8.25 Å². The lowest BCUT2D eigenvalue weighted by Crippen LogP contribution is -2.21. The smallest absolute Gasteiger partial charge is 0.382 e. The summed E-state index contributed by atoms with van der Waals surface area (Å²) in [5.74, 6) is 0. The van der Waals surface area contributed by atoms with Crippen molar-refractivity contribution >= 4 is 16.1 Å². The third kappa shape index (κ3) is 2.52. The van der Waals surface area contributed by atoms with E-state index in [2.05, 4.69) is 0 Å². The predicted molar refractivity (Wildman–Crippen MR) is 44.0 cm³/mol. The van der Waals surface area contributed by atoms with E-state index in [9.17, 15) is 4.57 Å². The number of hydrogen-bond donors (Lipinski definition) is 1. The molecule has 0 bridgehead atoms. The molecule has 1 N–H and O–H groups in total. The summed E-state index contributed by atoms with van der Waals surface area (Å²) < 4.78 is 20.3. The Kier molecular flexibility index (Phi) is 3.65. The van der Waals surface area contributed by atoms with Gasteiger partial charge in [0.25, 0.3) is 0 Å². The van der Waals surface area contributed by atoms with Gasteiger partial charge in [0.05, 0.1) is 6.10 Å². The fourth-order valence-electron chi connectivity index (χ4n) is 1.33. The fraction of sp³-hybridized carbons (Fsp3) is 1.00. The second-order valence-electron chi connectivity index (χ2n) is 2.74. The zero-order chi connectivity index (χ0) is 9.14. The zero-order valence-electron chi connectivity index (χ0n) is 6.84. The highest BCUT2D eigenvalue weighted by Crippen LogP contribution is 2.30. The quantitative estimate of drug-likeness (QED) is 0.524. The molecular formula is C6H11BO4P+. The van der Waals surface area contributed by atoms with E-state index < -0.39 is 8.25 Å². The predicted octanol–water partition coefficient (Wildman–Crippen LogP) is 0.715. The van der Waals surface area contributed by atoms with Gasteiger partial charge in [0.2, 0.25) is 0 Å². The van der Waals surface area contributed by atoms with E-state index in [0.29, 0.717) is 6.42 Å². The van der Waals surface area contributed by atoms with Gasteiger partial charge in [-0.2, -0.15) is 0 Å². The van der Waals surface area contributed by atoms with Crippen LogP contribution in [0.5, 0.6) is 0 Å². The van der Waals surface area contributed by atoms with E-state index in [1.807, 2.05) is 6.92 Å². The van der Waals surface area contributed by atoms with Crippen molar-refractivity contribution in [2.24, 2.45) is 0 Å². The SMILES string of the molecule is [B][C@H]1C[C@@H](O[P+](=O)O)[C@@H](CC)O1. The van der Waals surface area contributed by atoms with Gasteiger partial charge in [-0.25, -0.2) is 0 Å². The molecule has 0 aromatic heterocycles. The molecule has 0 saturated carbocycles. The van der Waals surface area contributed by atoms with E-state index in [-0.39, 0.29) is 18.2 Å². The first-order valence-electron chi connectivity index (χ1n) is 3.87. The molecule has 1 aliphatic heterocycles. The van der Waals surface area contributed by atoms with Gasteiger partial charge in [0, 0.05) is 10.6 Å². The first-order chi connectivity index (χ1) is 5.63. The van der Waals surface area contributed by atoms with E-state index >= 15 is 0 Å². The minimum atomic E-state index is -2.55. The largest absolute Gasteiger partial charge is 0.695 e. The van der Waals surface area contributed by atoms with E-state index in [1.54, 1.807) is 0 Å². The summed E-state index contributed by atoms with van der Waals surface area (Å²) in [6.45, 7) is 1.92. The Morgan fingerprint density at radius 2 is 2.50 bits per heavy atom. The summed E-state index contributed by atoms with van der Waals surface area (Å²) in [4.78, 5) is 8.50. The molecule has 4 atom stereocenters. The summed E-state index contributed by atoms with van der Waals surface area (Å²) in [5, 5.41) is 0. The highest BCUT2D eigenvalue weighted by Gasteiger charge is 2.38. The number of hydrogen-bond acceptors (Lipinski definition) is 3. The van der Waals surface area contributed by atoms with Crippen LogP contribution in [0.1, 0.15) is 19.8 Å². The maximum absolute atomic E-state index is 10.4. The number of ether oxygens (including phenoxy) is 1. The van der Waals surface area contributed by atoms with Gasteiger partial charge in [-0.15, -0.1) is 9.42 Å². The topological polar surface area (TPSA) is 55.8 Å². The monoisotopic (exact) mass is 189 g/mol. The third-order valence-corrected chi connectivity index (χ3v) is 2.31. The molecule has 1 unspecified atom stereocenters. The van der Waals surface area contributed by atoms with E-state index in [4.69, 9.17) is 22.0 Å². The van der Waals surface area contributed by atoms with Crippen molar-refractivity contribution in [3.63, 3.8) is 0 Å². The summed E-state index contributed by atoms with van der Waals surface area (Å²) in [5.41, 5.74) is 0. The minimum absolute atomic E-state index is 0.147. The Balaban J connectivity index is 2.46. The van der Waals surface area contributed by atoms with Gasteiger partial charge in [0.15, 0.2) is 0 Å². The van der Waals surface area contributed by atoms with E-state index in [0.717, 1.165) is 6.42 Å². The summed E-state index contributed by atoms with van der Waals surface area (Å²) in [6.07, 6.45) is 0.742. The van der Waals surface area contributed by atoms with Crippen LogP contribution < -0.4 is 0 Å². The molecule has 0 aromatic carbocycles. The van der Waals surface area contributed by atoms with Crippen molar-refractivity contribution in [2.45, 2.75) is 38.0 Å². The van der Waals surface area contributed by atoms with Gasteiger partial charge in [-0.1, -0.05) is 6.92 Å². The molecule has 4 nitrogen and oxygen atoms in total. The van der Waals surface area contributed by atoms with Crippen LogP contribution in [0.2, 0.25) is 0 Å². The molecule has 1 heterocycles. The Bertz CT molecular complexity index is 177. The fourth-order valence-corrected chi connectivity index (χ4v) is 1.79. The van der Waals surface area contributed by atoms with Gasteiger partial charge in [-0.05, 0) is 12.8 Å². The lowest BCUT2D eigenvalue weighted by Gasteiger charge is -2.10. The van der Waals surface area contributed by atoms with Crippen molar-refractivity contribution in [3.8, 4) is 0 Å². The summed E-state index contributed by atoms with van der Waals surface area (Å²) >= 11 is 0. The van der Waals surface area contributed by atoms with Crippen LogP contribution in [0, 0.1) is 0 Å².